The van der Waals surface area contributed by atoms with E-state index < -0.39 is 11.5 Å². The van der Waals surface area contributed by atoms with E-state index in [0.717, 1.165) is 6.20 Å². The van der Waals surface area contributed by atoms with Gasteiger partial charge in [-0.1, -0.05) is 12.1 Å². The lowest BCUT2D eigenvalue weighted by molar-refractivity contribution is 0.243. The third-order valence-electron chi connectivity index (χ3n) is 2.28. The Morgan fingerprint density at radius 2 is 2.06 bits per heavy atom. The van der Waals surface area contributed by atoms with Crippen LogP contribution in [0.5, 0.6) is 5.75 Å². The van der Waals surface area contributed by atoms with Crippen LogP contribution in [0, 0.1) is 5.82 Å². The summed E-state index contributed by atoms with van der Waals surface area (Å²) in [6, 6.07) is 6.96. The van der Waals surface area contributed by atoms with E-state index in [1.54, 1.807) is 24.3 Å². The van der Waals surface area contributed by atoms with Crippen LogP contribution in [-0.4, -0.2) is 16.1 Å². The molecule has 0 saturated carbocycles. The highest BCUT2D eigenvalue weighted by atomic mass is 19.1. The van der Waals surface area contributed by atoms with Gasteiger partial charge in [-0.25, -0.2) is 9.18 Å². The first-order chi connectivity index (χ1) is 8.58. The van der Waals surface area contributed by atoms with Gasteiger partial charge in [0.15, 0.2) is 5.82 Å². The van der Waals surface area contributed by atoms with Gasteiger partial charge < -0.3 is 9.72 Å². The Morgan fingerprint density at radius 3 is 2.78 bits per heavy atom. The molecule has 0 amide bonds. The molecular weight excluding hydrogens is 235 g/mol. The standard InChI is InChI=1S/C13H13FN2O2/c1-8(2)18-11-6-4-3-5-9(11)12-10(14)7-15-13(17)16-12/h3-8H,1-2H3,(H,15,16,17). The summed E-state index contributed by atoms with van der Waals surface area (Å²) in [6.45, 7) is 3.75. The Balaban J connectivity index is 2.56. The third kappa shape index (κ3) is 2.56. The molecule has 1 aromatic heterocycles. The minimum atomic E-state index is -0.592. The van der Waals surface area contributed by atoms with E-state index in [1.807, 2.05) is 13.8 Å². The number of aromatic nitrogens is 2. The normalized spacial score (nSPS) is 10.7. The molecule has 0 saturated heterocycles. The molecule has 0 aliphatic carbocycles. The minimum absolute atomic E-state index is 0.0391. The number of nitrogens with one attached hydrogen (secondary N) is 1. The summed E-state index contributed by atoms with van der Waals surface area (Å²) < 4.78 is 19.3. The van der Waals surface area contributed by atoms with Gasteiger partial charge in [0.1, 0.15) is 5.75 Å². The molecule has 1 aromatic carbocycles. The number of benzene rings is 1. The molecule has 0 aliphatic heterocycles. The van der Waals surface area contributed by atoms with Crippen molar-refractivity contribution < 1.29 is 9.13 Å². The molecule has 4 nitrogen and oxygen atoms in total. The zero-order chi connectivity index (χ0) is 13.1. The average molecular weight is 248 g/mol. The van der Waals surface area contributed by atoms with E-state index in [0.29, 0.717) is 11.3 Å². The van der Waals surface area contributed by atoms with Gasteiger partial charge in [-0.2, -0.15) is 4.98 Å². The fourth-order valence-corrected chi connectivity index (χ4v) is 1.60. The van der Waals surface area contributed by atoms with Crippen LogP contribution in [0.15, 0.2) is 35.3 Å². The number of ether oxygens (including phenoxy) is 1. The fourth-order valence-electron chi connectivity index (χ4n) is 1.60. The zero-order valence-corrected chi connectivity index (χ0v) is 10.1. The van der Waals surface area contributed by atoms with Crippen molar-refractivity contribution in [3.8, 4) is 17.0 Å². The van der Waals surface area contributed by atoms with E-state index in [1.165, 1.54) is 0 Å². The third-order valence-corrected chi connectivity index (χ3v) is 2.28. The number of nitrogens with zero attached hydrogens (tertiary/aromatic N) is 1. The number of hydrogen-bond donors (Lipinski definition) is 1. The Hall–Kier alpha value is -2.17. The molecule has 0 fully saturated rings. The van der Waals surface area contributed by atoms with Crippen LogP contribution in [0.1, 0.15) is 13.8 Å². The first-order valence-electron chi connectivity index (χ1n) is 5.59. The van der Waals surface area contributed by atoms with Crippen LogP contribution in [0.3, 0.4) is 0 Å². The van der Waals surface area contributed by atoms with Gasteiger partial charge in [-0.15, -0.1) is 0 Å². The topological polar surface area (TPSA) is 55.0 Å². The maximum Gasteiger partial charge on any atom is 0.345 e. The number of aromatic amines is 1. The summed E-state index contributed by atoms with van der Waals surface area (Å²) in [6.07, 6.45) is 0.864. The second-order valence-corrected chi connectivity index (χ2v) is 4.07. The summed E-state index contributed by atoms with van der Waals surface area (Å²) in [4.78, 5) is 16.9. The molecule has 0 spiro atoms. The van der Waals surface area contributed by atoms with Gasteiger partial charge in [0.05, 0.1) is 18.0 Å². The van der Waals surface area contributed by atoms with E-state index in [4.69, 9.17) is 4.74 Å². The molecule has 0 radical (unpaired) electrons. The minimum Gasteiger partial charge on any atom is -0.490 e. The molecular formula is C13H13FN2O2. The molecule has 1 heterocycles. The van der Waals surface area contributed by atoms with Crippen LogP contribution >= 0.6 is 0 Å². The molecule has 1 N–H and O–H groups in total. The first kappa shape index (κ1) is 12.3. The molecule has 94 valence electrons. The van der Waals surface area contributed by atoms with E-state index in [-0.39, 0.29) is 11.8 Å². The van der Waals surface area contributed by atoms with Gasteiger partial charge in [0.2, 0.25) is 0 Å². The van der Waals surface area contributed by atoms with Gasteiger partial charge in [0.25, 0.3) is 0 Å². The van der Waals surface area contributed by atoms with Gasteiger partial charge in [0, 0.05) is 5.56 Å². The summed E-state index contributed by atoms with van der Waals surface area (Å²) in [5.74, 6) is -0.0670. The van der Waals surface area contributed by atoms with Gasteiger partial charge >= 0.3 is 5.69 Å². The monoisotopic (exact) mass is 248 g/mol. The van der Waals surface area contributed by atoms with Crippen molar-refractivity contribution >= 4 is 0 Å². The lowest BCUT2D eigenvalue weighted by Crippen LogP contribution is -2.13. The SMILES string of the molecule is CC(C)Oc1ccccc1-c1[nH]c(=O)ncc1F. The molecule has 0 atom stereocenters. The Morgan fingerprint density at radius 1 is 1.33 bits per heavy atom. The lowest BCUT2D eigenvalue weighted by atomic mass is 10.1. The van der Waals surface area contributed by atoms with Gasteiger partial charge in [-0.3, -0.25) is 0 Å². The second-order valence-electron chi connectivity index (χ2n) is 4.07. The fraction of sp³-hybridized carbons (Fsp3) is 0.231. The van der Waals surface area contributed by atoms with Crippen molar-refractivity contribution in [3.05, 3.63) is 46.8 Å². The van der Waals surface area contributed by atoms with Crippen LogP contribution < -0.4 is 10.4 Å². The van der Waals surface area contributed by atoms with E-state index in [9.17, 15) is 9.18 Å². The molecule has 0 unspecified atom stereocenters. The Labute approximate surface area is 103 Å². The zero-order valence-electron chi connectivity index (χ0n) is 10.1. The summed E-state index contributed by atoms with van der Waals surface area (Å²) in [7, 11) is 0. The largest absolute Gasteiger partial charge is 0.490 e. The molecule has 0 bridgehead atoms. The molecule has 2 rings (SSSR count). The molecule has 18 heavy (non-hydrogen) atoms. The maximum atomic E-state index is 13.7. The van der Waals surface area contributed by atoms with Crippen molar-refractivity contribution in [2.75, 3.05) is 0 Å². The number of hydrogen-bond acceptors (Lipinski definition) is 3. The van der Waals surface area contributed by atoms with Crippen molar-refractivity contribution in [1.29, 1.82) is 0 Å². The first-order valence-corrected chi connectivity index (χ1v) is 5.59. The predicted molar refractivity (Wildman–Crippen MR) is 66.0 cm³/mol. The summed E-state index contributed by atoms with van der Waals surface area (Å²) in [5.41, 5.74) is 0.000185. The number of para-hydroxylation sites is 1. The van der Waals surface area contributed by atoms with Crippen LogP contribution in [-0.2, 0) is 0 Å². The molecule has 5 heteroatoms. The highest BCUT2D eigenvalue weighted by Crippen LogP contribution is 2.29. The highest BCUT2D eigenvalue weighted by Gasteiger charge is 2.12. The average Bonchev–Trinajstić information content (AvgIpc) is 2.32. The Bertz CT molecular complexity index is 608. The quantitative estimate of drug-likeness (QED) is 0.907. The Kier molecular flexibility index (Phi) is 3.41. The molecule has 2 aromatic rings. The van der Waals surface area contributed by atoms with Crippen molar-refractivity contribution in [1.82, 2.24) is 9.97 Å². The highest BCUT2D eigenvalue weighted by molar-refractivity contribution is 5.67. The van der Waals surface area contributed by atoms with Crippen molar-refractivity contribution in [3.63, 3.8) is 0 Å². The van der Waals surface area contributed by atoms with Crippen molar-refractivity contribution in [2.24, 2.45) is 0 Å². The predicted octanol–water partition coefficient (Wildman–Crippen LogP) is 2.36. The number of halogens is 1. The van der Waals surface area contributed by atoms with Crippen LogP contribution in [0.25, 0.3) is 11.3 Å². The summed E-state index contributed by atoms with van der Waals surface area (Å²) in [5, 5.41) is 0. The number of rotatable bonds is 3. The lowest BCUT2D eigenvalue weighted by Gasteiger charge is -2.14. The number of H-pyrrole nitrogens is 1. The van der Waals surface area contributed by atoms with Crippen LogP contribution in [0.2, 0.25) is 0 Å². The van der Waals surface area contributed by atoms with Crippen molar-refractivity contribution in [2.45, 2.75) is 20.0 Å². The maximum absolute atomic E-state index is 13.7. The smallest absolute Gasteiger partial charge is 0.345 e. The molecule has 0 aliphatic rings. The van der Waals surface area contributed by atoms with Crippen LogP contribution in [0.4, 0.5) is 4.39 Å². The van der Waals surface area contributed by atoms with Gasteiger partial charge in [-0.05, 0) is 26.0 Å². The summed E-state index contributed by atoms with van der Waals surface area (Å²) >= 11 is 0. The second kappa shape index (κ2) is 5.00. The van der Waals surface area contributed by atoms with E-state index in [2.05, 4.69) is 9.97 Å². The van der Waals surface area contributed by atoms with E-state index >= 15 is 0 Å².